The van der Waals surface area contributed by atoms with Crippen LogP contribution in [0, 0.1) is 0 Å². The zero-order valence-corrected chi connectivity index (χ0v) is 12.7. The first-order valence-electron chi connectivity index (χ1n) is 7.00. The molecule has 0 bridgehead atoms. The van der Waals surface area contributed by atoms with Gasteiger partial charge in [0.25, 0.3) is 0 Å². The topological polar surface area (TPSA) is 43.8 Å². The molecule has 2 aromatic heterocycles. The number of rotatable bonds is 4. The van der Waals surface area contributed by atoms with Crippen molar-refractivity contribution in [2.24, 2.45) is 0 Å². The lowest BCUT2D eigenvalue weighted by atomic mass is 10.2. The molecule has 0 amide bonds. The lowest BCUT2D eigenvalue weighted by Gasteiger charge is -2.16. The number of fused-ring (bicyclic) bond motifs is 1. The van der Waals surface area contributed by atoms with Crippen LogP contribution in [0.5, 0.6) is 0 Å². The molecule has 0 aliphatic rings. The quantitative estimate of drug-likeness (QED) is 0.729. The van der Waals surface area contributed by atoms with Crippen molar-refractivity contribution in [1.82, 2.24) is 9.55 Å². The first-order valence-corrected chi connectivity index (χ1v) is 7.88. The molecule has 2 heterocycles. The predicted molar refractivity (Wildman–Crippen MR) is 86.3 cm³/mol. The van der Waals surface area contributed by atoms with E-state index >= 15 is 0 Å². The molecule has 4 heteroatoms. The minimum Gasteiger partial charge on any atom is -0.399 e. The SMILES string of the molecule is CCCc1nc2cc(N)ccc2n1C(C)c1cccs1. The third-order valence-electron chi connectivity index (χ3n) is 3.60. The van der Waals surface area contributed by atoms with Crippen LogP contribution >= 0.6 is 11.3 Å². The highest BCUT2D eigenvalue weighted by atomic mass is 32.1. The fraction of sp³-hybridized carbons (Fsp3) is 0.312. The van der Waals surface area contributed by atoms with Crippen LogP contribution in [0.1, 0.15) is 37.0 Å². The number of hydrogen-bond acceptors (Lipinski definition) is 3. The van der Waals surface area contributed by atoms with E-state index in [4.69, 9.17) is 10.7 Å². The minimum atomic E-state index is 0.310. The number of anilines is 1. The average molecular weight is 285 g/mol. The Morgan fingerprint density at radius 3 is 2.90 bits per heavy atom. The van der Waals surface area contributed by atoms with E-state index in [0.29, 0.717) is 6.04 Å². The monoisotopic (exact) mass is 285 g/mol. The van der Waals surface area contributed by atoms with Gasteiger partial charge in [0.15, 0.2) is 0 Å². The van der Waals surface area contributed by atoms with Gasteiger partial charge in [-0.25, -0.2) is 4.98 Å². The summed E-state index contributed by atoms with van der Waals surface area (Å²) in [5, 5.41) is 2.13. The molecule has 2 N–H and O–H groups in total. The maximum Gasteiger partial charge on any atom is 0.110 e. The van der Waals surface area contributed by atoms with Gasteiger partial charge in [-0.05, 0) is 43.0 Å². The van der Waals surface area contributed by atoms with Crippen LogP contribution in [0.3, 0.4) is 0 Å². The van der Waals surface area contributed by atoms with Gasteiger partial charge in [-0.3, -0.25) is 0 Å². The second-order valence-corrected chi connectivity index (χ2v) is 6.07. The summed E-state index contributed by atoms with van der Waals surface area (Å²) >= 11 is 1.79. The van der Waals surface area contributed by atoms with Crippen LogP contribution in [0.15, 0.2) is 35.7 Å². The highest BCUT2D eigenvalue weighted by molar-refractivity contribution is 7.10. The summed E-state index contributed by atoms with van der Waals surface area (Å²) in [6.45, 7) is 4.43. The van der Waals surface area contributed by atoms with Gasteiger partial charge in [0.05, 0.1) is 17.1 Å². The molecule has 3 rings (SSSR count). The molecule has 0 saturated heterocycles. The Balaban J connectivity index is 2.18. The largest absolute Gasteiger partial charge is 0.399 e. The number of nitrogens with zero attached hydrogens (tertiary/aromatic N) is 2. The fourth-order valence-corrected chi connectivity index (χ4v) is 3.43. The van der Waals surface area contributed by atoms with E-state index in [2.05, 4.69) is 42.0 Å². The van der Waals surface area contributed by atoms with Gasteiger partial charge >= 0.3 is 0 Å². The average Bonchev–Trinajstić information content (AvgIpc) is 3.05. The molecule has 0 fully saturated rings. The third kappa shape index (κ3) is 2.20. The number of thiophene rings is 1. The van der Waals surface area contributed by atoms with E-state index < -0.39 is 0 Å². The van der Waals surface area contributed by atoms with Gasteiger partial charge in [0.2, 0.25) is 0 Å². The second-order valence-electron chi connectivity index (χ2n) is 5.09. The lowest BCUT2D eigenvalue weighted by molar-refractivity contribution is 0.621. The Labute approximate surface area is 123 Å². The highest BCUT2D eigenvalue weighted by Gasteiger charge is 2.17. The van der Waals surface area contributed by atoms with Crippen LogP contribution in [0.25, 0.3) is 11.0 Å². The zero-order valence-electron chi connectivity index (χ0n) is 11.8. The van der Waals surface area contributed by atoms with Crippen LogP contribution in [0.2, 0.25) is 0 Å². The number of nitrogens with two attached hydrogens (primary N) is 1. The maximum absolute atomic E-state index is 5.88. The fourth-order valence-electron chi connectivity index (χ4n) is 2.65. The molecule has 20 heavy (non-hydrogen) atoms. The van der Waals surface area contributed by atoms with Gasteiger partial charge in [-0.2, -0.15) is 0 Å². The molecule has 0 saturated carbocycles. The molecule has 3 aromatic rings. The van der Waals surface area contributed by atoms with Crippen molar-refractivity contribution in [2.75, 3.05) is 5.73 Å². The van der Waals surface area contributed by atoms with Crippen molar-refractivity contribution in [3.8, 4) is 0 Å². The molecule has 104 valence electrons. The molecule has 0 aliphatic carbocycles. The summed E-state index contributed by atoms with van der Waals surface area (Å²) in [6, 6.07) is 10.6. The third-order valence-corrected chi connectivity index (χ3v) is 4.65. The van der Waals surface area contributed by atoms with Crippen LogP contribution in [0.4, 0.5) is 5.69 Å². The summed E-state index contributed by atoms with van der Waals surface area (Å²) in [6.07, 6.45) is 2.08. The molecule has 0 spiro atoms. The Morgan fingerprint density at radius 2 is 2.20 bits per heavy atom. The molecule has 0 radical (unpaired) electrons. The van der Waals surface area contributed by atoms with Gasteiger partial charge in [-0.15, -0.1) is 11.3 Å². The van der Waals surface area contributed by atoms with Crippen LogP contribution < -0.4 is 5.73 Å². The van der Waals surface area contributed by atoms with Crippen molar-refractivity contribution in [1.29, 1.82) is 0 Å². The summed E-state index contributed by atoms with van der Waals surface area (Å²) < 4.78 is 2.35. The number of aryl methyl sites for hydroxylation is 1. The van der Waals surface area contributed by atoms with Crippen molar-refractivity contribution in [3.63, 3.8) is 0 Å². The number of nitrogen functional groups attached to an aromatic ring is 1. The summed E-state index contributed by atoms with van der Waals surface area (Å²) in [5.41, 5.74) is 8.82. The zero-order chi connectivity index (χ0) is 14.1. The second kappa shape index (κ2) is 5.29. The lowest BCUT2D eigenvalue weighted by Crippen LogP contribution is -2.09. The van der Waals surface area contributed by atoms with Crippen LogP contribution in [-0.2, 0) is 6.42 Å². The Morgan fingerprint density at radius 1 is 1.35 bits per heavy atom. The van der Waals surface area contributed by atoms with E-state index in [1.807, 2.05) is 12.1 Å². The van der Waals surface area contributed by atoms with E-state index in [1.54, 1.807) is 11.3 Å². The normalized spacial score (nSPS) is 12.9. The van der Waals surface area contributed by atoms with Crippen molar-refractivity contribution >= 4 is 28.1 Å². The Bertz CT molecular complexity index is 713. The Hall–Kier alpha value is -1.81. The van der Waals surface area contributed by atoms with E-state index in [1.165, 1.54) is 10.4 Å². The number of hydrogen-bond donors (Lipinski definition) is 1. The summed E-state index contributed by atoms with van der Waals surface area (Å²) in [7, 11) is 0. The standard InChI is InChI=1S/C16H19N3S/c1-3-5-16-18-13-10-12(17)7-8-14(13)19(16)11(2)15-6-4-9-20-15/h4,6-11H,3,5,17H2,1-2H3. The minimum absolute atomic E-state index is 0.310. The van der Waals surface area contributed by atoms with Crippen molar-refractivity contribution < 1.29 is 0 Å². The molecule has 3 nitrogen and oxygen atoms in total. The van der Waals surface area contributed by atoms with Crippen molar-refractivity contribution in [3.05, 3.63) is 46.4 Å². The highest BCUT2D eigenvalue weighted by Crippen LogP contribution is 2.29. The van der Waals surface area contributed by atoms with Gasteiger partial charge < -0.3 is 10.3 Å². The van der Waals surface area contributed by atoms with E-state index in [9.17, 15) is 0 Å². The van der Waals surface area contributed by atoms with Gasteiger partial charge in [0, 0.05) is 17.0 Å². The van der Waals surface area contributed by atoms with Crippen molar-refractivity contribution in [2.45, 2.75) is 32.7 Å². The van der Waals surface area contributed by atoms with Gasteiger partial charge in [-0.1, -0.05) is 13.0 Å². The van der Waals surface area contributed by atoms with E-state index in [0.717, 1.165) is 29.9 Å². The Kier molecular flexibility index (Phi) is 3.49. The van der Waals surface area contributed by atoms with Gasteiger partial charge in [0.1, 0.15) is 5.82 Å². The first kappa shape index (κ1) is 13.2. The van der Waals surface area contributed by atoms with E-state index in [-0.39, 0.29) is 0 Å². The molecule has 1 unspecified atom stereocenters. The molecule has 1 aromatic carbocycles. The number of benzene rings is 1. The molecule has 0 aliphatic heterocycles. The summed E-state index contributed by atoms with van der Waals surface area (Å²) in [5.74, 6) is 1.15. The predicted octanol–water partition coefficient (Wildman–Crippen LogP) is 4.24. The smallest absolute Gasteiger partial charge is 0.110 e. The first-order chi connectivity index (χ1) is 9.70. The van der Waals surface area contributed by atoms with Crippen LogP contribution in [-0.4, -0.2) is 9.55 Å². The number of aromatic nitrogens is 2. The molecule has 1 atom stereocenters. The summed E-state index contributed by atoms with van der Waals surface area (Å²) in [4.78, 5) is 6.14. The number of imidazole rings is 1. The molecular weight excluding hydrogens is 266 g/mol. The molecular formula is C16H19N3S. The maximum atomic E-state index is 5.88.